The molecular formula is C14H22N2O. The lowest BCUT2D eigenvalue weighted by molar-refractivity contribution is 0.302. The summed E-state index contributed by atoms with van der Waals surface area (Å²) in [5.41, 5.74) is 2.48. The highest BCUT2D eigenvalue weighted by Crippen LogP contribution is 2.39. The zero-order chi connectivity index (χ0) is 12.6. The molecule has 1 aliphatic carbocycles. The molecule has 0 radical (unpaired) electrons. The number of rotatable bonds is 3. The lowest BCUT2D eigenvalue weighted by atomic mass is 9.86. The van der Waals surface area contributed by atoms with E-state index < -0.39 is 0 Å². The van der Waals surface area contributed by atoms with Crippen molar-refractivity contribution in [2.24, 2.45) is 0 Å². The van der Waals surface area contributed by atoms with E-state index in [1.54, 1.807) is 0 Å². The van der Waals surface area contributed by atoms with Crippen LogP contribution in [-0.4, -0.2) is 25.2 Å². The average molecular weight is 234 g/mol. The molecule has 0 spiro atoms. The second-order valence-electron chi connectivity index (χ2n) is 6.00. The minimum Gasteiger partial charge on any atom is -0.487 e. The molecular weight excluding hydrogens is 212 g/mol. The van der Waals surface area contributed by atoms with Crippen LogP contribution < -0.4 is 9.64 Å². The summed E-state index contributed by atoms with van der Waals surface area (Å²) >= 11 is 0. The van der Waals surface area contributed by atoms with Crippen molar-refractivity contribution in [3.05, 3.63) is 18.0 Å². The van der Waals surface area contributed by atoms with Gasteiger partial charge in [0.2, 0.25) is 0 Å². The molecule has 0 amide bonds. The van der Waals surface area contributed by atoms with Gasteiger partial charge in [-0.15, -0.1) is 0 Å². The normalized spacial score (nSPS) is 15.8. The first kappa shape index (κ1) is 12.2. The van der Waals surface area contributed by atoms with Gasteiger partial charge in [0.1, 0.15) is 0 Å². The zero-order valence-electron chi connectivity index (χ0n) is 11.4. The standard InChI is InChI=1S/C14H22N2O/c1-14(2,3)11-8-15-9-12(13(11)16(4)5)17-10-6-7-10/h8-10H,6-7H2,1-5H3. The third-order valence-electron chi connectivity index (χ3n) is 2.96. The van der Waals surface area contributed by atoms with E-state index in [2.05, 4.69) is 44.8 Å². The van der Waals surface area contributed by atoms with E-state index in [0.717, 1.165) is 5.75 Å². The second-order valence-corrected chi connectivity index (χ2v) is 6.00. The molecule has 1 aromatic rings. The predicted octanol–water partition coefficient (Wildman–Crippen LogP) is 2.99. The highest BCUT2D eigenvalue weighted by molar-refractivity contribution is 5.63. The number of nitrogens with zero attached hydrogens (tertiary/aromatic N) is 2. The highest BCUT2D eigenvalue weighted by atomic mass is 16.5. The Morgan fingerprint density at radius 3 is 2.35 bits per heavy atom. The Labute approximate surface area is 104 Å². The van der Waals surface area contributed by atoms with Gasteiger partial charge in [-0.3, -0.25) is 4.98 Å². The number of hydrogen-bond donors (Lipinski definition) is 0. The Kier molecular flexibility index (Phi) is 3.02. The maximum atomic E-state index is 5.95. The van der Waals surface area contributed by atoms with Gasteiger partial charge in [-0.2, -0.15) is 0 Å². The molecule has 0 saturated heterocycles. The summed E-state index contributed by atoms with van der Waals surface area (Å²) in [5, 5.41) is 0. The monoisotopic (exact) mass is 234 g/mol. The van der Waals surface area contributed by atoms with Crippen molar-refractivity contribution < 1.29 is 4.74 Å². The van der Waals surface area contributed by atoms with Gasteiger partial charge in [0.25, 0.3) is 0 Å². The number of ether oxygens (including phenoxy) is 1. The summed E-state index contributed by atoms with van der Waals surface area (Å²) in [6.45, 7) is 6.62. The lowest BCUT2D eigenvalue weighted by Crippen LogP contribution is -2.21. The summed E-state index contributed by atoms with van der Waals surface area (Å²) in [6, 6.07) is 0. The quantitative estimate of drug-likeness (QED) is 0.804. The van der Waals surface area contributed by atoms with Crippen molar-refractivity contribution in [3.63, 3.8) is 0 Å². The molecule has 0 atom stereocenters. The molecule has 0 N–H and O–H groups in total. The molecule has 1 aliphatic rings. The van der Waals surface area contributed by atoms with Gasteiger partial charge in [-0.1, -0.05) is 20.8 Å². The largest absolute Gasteiger partial charge is 0.487 e. The first-order chi connectivity index (χ1) is 7.89. The van der Waals surface area contributed by atoms with Crippen molar-refractivity contribution >= 4 is 5.69 Å². The van der Waals surface area contributed by atoms with Gasteiger partial charge >= 0.3 is 0 Å². The topological polar surface area (TPSA) is 25.4 Å². The van der Waals surface area contributed by atoms with Crippen LogP contribution in [0.15, 0.2) is 12.4 Å². The van der Waals surface area contributed by atoms with Gasteiger partial charge in [0.15, 0.2) is 5.75 Å². The predicted molar refractivity (Wildman–Crippen MR) is 70.9 cm³/mol. The summed E-state index contributed by atoms with van der Waals surface area (Å²) in [5.74, 6) is 0.921. The summed E-state index contributed by atoms with van der Waals surface area (Å²) in [4.78, 5) is 6.45. The third-order valence-corrected chi connectivity index (χ3v) is 2.96. The SMILES string of the molecule is CN(C)c1c(OC2CC2)cncc1C(C)(C)C. The van der Waals surface area contributed by atoms with E-state index in [-0.39, 0.29) is 5.41 Å². The van der Waals surface area contributed by atoms with Crippen LogP contribution >= 0.6 is 0 Å². The van der Waals surface area contributed by atoms with Gasteiger partial charge < -0.3 is 9.64 Å². The van der Waals surface area contributed by atoms with Crippen LogP contribution in [0, 0.1) is 0 Å². The smallest absolute Gasteiger partial charge is 0.161 e. The van der Waals surface area contributed by atoms with Crippen molar-refractivity contribution in [1.29, 1.82) is 0 Å². The van der Waals surface area contributed by atoms with Crippen LogP contribution in [0.3, 0.4) is 0 Å². The van der Waals surface area contributed by atoms with Crippen LogP contribution in [-0.2, 0) is 5.41 Å². The highest BCUT2D eigenvalue weighted by Gasteiger charge is 2.28. The van der Waals surface area contributed by atoms with Crippen molar-refractivity contribution in [2.75, 3.05) is 19.0 Å². The summed E-state index contributed by atoms with van der Waals surface area (Å²) in [7, 11) is 4.12. The maximum Gasteiger partial charge on any atom is 0.161 e. The maximum absolute atomic E-state index is 5.95. The van der Waals surface area contributed by atoms with Crippen molar-refractivity contribution in [1.82, 2.24) is 4.98 Å². The molecule has 17 heavy (non-hydrogen) atoms. The average Bonchev–Trinajstić information content (AvgIpc) is 2.99. The van der Waals surface area contributed by atoms with E-state index in [0.29, 0.717) is 6.10 Å². The molecule has 0 aromatic carbocycles. The fraction of sp³-hybridized carbons (Fsp3) is 0.643. The molecule has 3 nitrogen and oxygen atoms in total. The third kappa shape index (κ3) is 2.71. The van der Waals surface area contributed by atoms with E-state index >= 15 is 0 Å². The van der Waals surface area contributed by atoms with E-state index in [1.165, 1.54) is 24.1 Å². The molecule has 0 unspecified atom stereocenters. The molecule has 0 aliphatic heterocycles. The van der Waals surface area contributed by atoms with Crippen LogP contribution in [0.5, 0.6) is 5.75 Å². The molecule has 94 valence electrons. The lowest BCUT2D eigenvalue weighted by Gasteiger charge is -2.28. The van der Waals surface area contributed by atoms with E-state index in [9.17, 15) is 0 Å². The van der Waals surface area contributed by atoms with Gasteiger partial charge in [-0.25, -0.2) is 0 Å². The Hall–Kier alpha value is -1.25. The molecule has 3 heteroatoms. The molecule has 1 fully saturated rings. The van der Waals surface area contributed by atoms with Crippen LogP contribution in [0.25, 0.3) is 0 Å². The van der Waals surface area contributed by atoms with Crippen molar-refractivity contribution in [3.8, 4) is 5.75 Å². The van der Waals surface area contributed by atoms with Gasteiger partial charge in [0, 0.05) is 25.9 Å². The first-order valence-electron chi connectivity index (χ1n) is 6.22. The van der Waals surface area contributed by atoms with E-state index in [4.69, 9.17) is 4.74 Å². The summed E-state index contributed by atoms with van der Waals surface area (Å²) in [6.07, 6.45) is 6.54. The minimum atomic E-state index is 0.0789. The van der Waals surface area contributed by atoms with Gasteiger partial charge in [-0.05, 0) is 18.3 Å². The Morgan fingerprint density at radius 1 is 1.24 bits per heavy atom. The zero-order valence-corrected chi connectivity index (χ0v) is 11.4. The molecule has 2 rings (SSSR count). The molecule has 1 heterocycles. The second kappa shape index (κ2) is 4.21. The molecule has 0 bridgehead atoms. The van der Waals surface area contributed by atoms with Crippen LogP contribution in [0.2, 0.25) is 0 Å². The van der Waals surface area contributed by atoms with E-state index in [1.807, 2.05) is 12.4 Å². The Balaban J connectivity index is 2.44. The van der Waals surface area contributed by atoms with Crippen molar-refractivity contribution in [2.45, 2.75) is 45.1 Å². The van der Waals surface area contributed by atoms with Crippen LogP contribution in [0.1, 0.15) is 39.2 Å². The Morgan fingerprint density at radius 2 is 1.88 bits per heavy atom. The van der Waals surface area contributed by atoms with Gasteiger partial charge in [0.05, 0.1) is 18.0 Å². The minimum absolute atomic E-state index is 0.0789. The number of pyridine rings is 1. The molecule has 1 aromatic heterocycles. The Bertz CT molecular complexity index is 403. The fourth-order valence-electron chi connectivity index (χ4n) is 1.90. The fourth-order valence-corrected chi connectivity index (χ4v) is 1.90. The first-order valence-corrected chi connectivity index (χ1v) is 6.22. The number of hydrogen-bond acceptors (Lipinski definition) is 3. The van der Waals surface area contributed by atoms with Crippen LogP contribution in [0.4, 0.5) is 5.69 Å². The number of anilines is 1. The summed E-state index contributed by atoms with van der Waals surface area (Å²) < 4.78 is 5.95. The molecule has 1 saturated carbocycles. The number of aromatic nitrogens is 1.